The van der Waals surface area contributed by atoms with Gasteiger partial charge >= 0.3 is 0 Å². The van der Waals surface area contributed by atoms with Gasteiger partial charge < -0.3 is 14.4 Å². The Hall–Kier alpha value is -2.11. The smallest absolute Gasteiger partial charge is 0.111 e. The first-order chi connectivity index (χ1) is 12.2. The van der Waals surface area contributed by atoms with E-state index in [1.54, 1.807) is 0 Å². The summed E-state index contributed by atoms with van der Waals surface area (Å²) in [7, 11) is 2.19. The second kappa shape index (κ2) is 5.71. The normalized spacial score (nSPS) is 17.0. The zero-order valence-corrected chi connectivity index (χ0v) is 15.7. The number of piperazine rings is 1. The Balaban J connectivity index is 1.74. The number of anilines is 1. The molecule has 1 saturated heterocycles. The molecule has 1 aromatic heterocycles. The molecule has 0 atom stereocenters. The number of nitrogens with zero attached hydrogens (tertiary/aromatic N) is 4. The van der Waals surface area contributed by atoms with Crippen molar-refractivity contribution in [3.8, 4) is 5.69 Å². The predicted molar refractivity (Wildman–Crippen MR) is 108 cm³/mol. The second-order valence-corrected chi connectivity index (χ2v) is 7.64. The van der Waals surface area contributed by atoms with E-state index < -0.39 is 0 Å². The van der Waals surface area contributed by atoms with Crippen LogP contribution < -0.4 is 4.90 Å². The van der Waals surface area contributed by atoms with Crippen molar-refractivity contribution in [2.24, 2.45) is 4.99 Å². The van der Waals surface area contributed by atoms with E-state index in [-0.39, 0.29) is 0 Å². The third-order valence-corrected chi connectivity index (χ3v) is 5.88. The second-order valence-electron chi connectivity index (χ2n) is 6.78. The number of benzene rings is 2. The first-order valence-electron chi connectivity index (χ1n) is 8.63. The Morgan fingerprint density at radius 1 is 1.00 bits per heavy atom. The zero-order valence-electron chi connectivity index (χ0n) is 14.1. The highest BCUT2D eigenvalue weighted by Crippen LogP contribution is 2.43. The summed E-state index contributed by atoms with van der Waals surface area (Å²) in [5.74, 6) is 0. The minimum Gasteiger partial charge on any atom is -0.367 e. The van der Waals surface area contributed by atoms with Gasteiger partial charge in [-0.05, 0) is 41.2 Å². The van der Waals surface area contributed by atoms with Crippen molar-refractivity contribution < 1.29 is 0 Å². The molecule has 5 rings (SSSR count). The summed E-state index contributed by atoms with van der Waals surface area (Å²) >= 11 is 3.76. The fourth-order valence-corrected chi connectivity index (χ4v) is 4.36. The monoisotopic (exact) mass is 394 g/mol. The zero-order chi connectivity index (χ0) is 17.0. The van der Waals surface area contributed by atoms with Gasteiger partial charge in [-0.2, -0.15) is 0 Å². The van der Waals surface area contributed by atoms with Crippen LogP contribution in [0.5, 0.6) is 0 Å². The van der Waals surface area contributed by atoms with Crippen molar-refractivity contribution in [3.63, 3.8) is 0 Å². The van der Waals surface area contributed by atoms with Gasteiger partial charge in [-0.3, -0.25) is 4.99 Å². The molecule has 0 radical (unpaired) electrons. The van der Waals surface area contributed by atoms with Crippen molar-refractivity contribution in [3.05, 3.63) is 52.6 Å². The predicted octanol–water partition coefficient (Wildman–Crippen LogP) is 4.21. The number of likely N-dealkylation sites (N-methyl/N-ethyl adjacent to an activating group) is 1. The third kappa shape index (κ3) is 2.34. The summed E-state index contributed by atoms with van der Waals surface area (Å²) in [6.45, 7) is 4.24. The van der Waals surface area contributed by atoms with Crippen molar-refractivity contribution in [2.75, 3.05) is 38.1 Å². The summed E-state index contributed by atoms with van der Waals surface area (Å²) in [4.78, 5) is 9.76. The summed E-state index contributed by atoms with van der Waals surface area (Å²) < 4.78 is 3.35. The molecule has 25 heavy (non-hydrogen) atoms. The largest absolute Gasteiger partial charge is 0.367 e. The summed E-state index contributed by atoms with van der Waals surface area (Å²) in [6.07, 6.45) is 4.16. The molecule has 0 amide bonds. The molecule has 0 bridgehead atoms. The van der Waals surface area contributed by atoms with Crippen LogP contribution in [-0.4, -0.2) is 48.9 Å². The maximum atomic E-state index is 4.92. The minimum absolute atomic E-state index is 1.04. The number of hydrogen-bond donors (Lipinski definition) is 0. The maximum absolute atomic E-state index is 4.92. The van der Waals surface area contributed by atoms with Crippen LogP contribution in [0.3, 0.4) is 0 Å². The molecular weight excluding hydrogens is 376 g/mol. The highest BCUT2D eigenvalue weighted by atomic mass is 79.9. The molecule has 2 aliphatic rings. The van der Waals surface area contributed by atoms with Crippen LogP contribution in [-0.2, 0) is 0 Å². The van der Waals surface area contributed by atoms with Gasteiger partial charge in [0.15, 0.2) is 0 Å². The molecule has 4 nitrogen and oxygen atoms in total. The van der Waals surface area contributed by atoms with Crippen LogP contribution in [0.1, 0.15) is 5.56 Å². The van der Waals surface area contributed by atoms with E-state index in [0.717, 1.165) is 47.6 Å². The number of fused-ring (bicyclic) bond motifs is 2. The van der Waals surface area contributed by atoms with Gasteiger partial charge in [0.1, 0.15) is 5.69 Å². The fraction of sp³-hybridized carbons (Fsp3) is 0.250. The van der Waals surface area contributed by atoms with Gasteiger partial charge in [0.25, 0.3) is 0 Å². The molecule has 0 saturated carbocycles. The molecule has 5 heteroatoms. The Bertz CT molecular complexity index is 996. The lowest BCUT2D eigenvalue weighted by Gasteiger charge is -2.35. The number of hydrogen-bond acceptors (Lipinski definition) is 3. The van der Waals surface area contributed by atoms with E-state index in [4.69, 9.17) is 4.99 Å². The van der Waals surface area contributed by atoms with Crippen LogP contribution in [0.25, 0.3) is 16.6 Å². The first-order valence-corrected chi connectivity index (χ1v) is 9.42. The van der Waals surface area contributed by atoms with Gasteiger partial charge in [-0.25, -0.2) is 0 Å². The first kappa shape index (κ1) is 15.2. The van der Waals surface area contributed by atoms with Crippen LogP contribution in [0.4, 0.5) is 11.4 Å². The molecule has 3 aromatic rings. The Morgan fingerprint density at radius 3 is 2.68 bits per heavy atom. The topological polar surface area (TPSA) is 23.8 Å². The van der Waals surface area contributed by atoms with Crippen molar-refractivity contribution in [1.82, 2.24) is 9.47 Å². The lowest BCUT2D eigenvalue weighted by atomic mass is 10.1. The van der Waals surface area contributed by atoms with Gasteiger partial charge in [0.05, 0.1) is 16.9 Å². The molecule has 0 spiro atoms. The SMILES string of the molecule is CN1CCN(c2ccc(Br)c3c2N=Cc2cccc4ccn-3c24)CC1. The lowest BCUT2D eigenvalue weighted by molar-refractivity contribution is 0.313. The van der Waals surface area contributed by atoms with Gasteiger partial charge in [0, 0.05) is 54.0 Å². The van der Waals surface area contributed by atoms with Crippen molar-refractivity contribution in [1.29, 1.82) is 0 Å². The average molecular weight is 395 g/mol. The number of aliphatic imine (C=N–C) groups is 1. The van der Waals surface area contributed by atoms with Gasteiger partial charge in [-0.1, -0.05) is 18.2 Å². The molecule has 2 aromatic carbocycles. The van der Waals surface area contributed by atoms with Crippen molar-refractivity contribution in [2.45, 2.75) is 0 Å². The third-order valence-electron chi connectivity index (χ3n) is 5.24. The molecule has 2 aliphatic heterocycles. The van der Waals surface area contributed by atoms with E-state index >= 15 is 0 Å². The quantitative estimate of drug-likeness (QED) is 0.482. The molecule has 1 fully saturated rings. The summed E-state index contributed by atoms with van der Waals surface area (Å²) in [5, 5.41) is 1.24. The standard InChI is InChI=1S/C20H19BrN4/c1-23-9-11-24(12-10-23)17-6-5-16(21)20-18(17)22-13-15-4-2-3-14-7-8-25(20)19(14)15/h2-8,13H,9-12H2,1H3. The van der Waals surface area contributed by atoms with Crippen LogP contribution >= 0.6 is 15.9 Å². The summed E-state index contributed by atoms with van der Waals surface area (Å²) in [5.41, 5.74) is 5.79. The van der Waals surface area contributed by atoms with Gasteiger partial charge in [-0.15, -0.1) is 0 Å². The molecule has 0 unspecified atom stereocenters. The minimum atomic E-state index is 1.04. The number of halogens is 1. The van der Waals surface area contributed by atoms with Crippen LogP contribution in [0.2, 0.25) is 0 Å². The van der Waals surface area contributed by atoms with Crippen LogP contribution in [0.15, 0.2) is 52.1 Å². The van der Waals surface area contributed by atoms with E-state index in [0.29, 0.717) is 0 Å². The van der Waals surface area contributed by atoms with E-state index in [1.165, 1.54) is 16.6 Å². The number of para-hydroxylation sites is 1. The number of aromatic nitrogens is 1. The number of rotatable bonds is 1. The molecule has 126 valence electrons. The summed E-state index contributed by atoms with van der Waals surface area (Å²) in [6, 6.07) is 12.9. The lowest BCUT2D eigenvalue weighted by Crippen LogP contribution is -2.44. The van der Waals surface area contributed by atoms with Crippen molar-refractivity contribution >= 4 is 44.4 Å². The molecule has 0 aliphatic carbocycles. The average Bonchev–Trinajstić information content (AvgIpc) is 2.97. The van der Waals surface area contributed by atoms with E-state index in [2.05, 4.69) is 79.9 Å². The molecule has 0 N–H and O–H groups in total. The molecular formula is C20H19BrN4. The van der Waals surface area contributed by atoms with E-state index in [9.17, 15) is 0 Å². The fourth-order valence-electron chi connectivity index (χ4n) is 3.85. The Labute approximate surface area is 155 Å². The maximum Gasteiger partial charge on any atom is 0.111 e. The van der Waals surface area contributed by atoms with Crippen LogP contribution in [0, 0.1) is 0 Å². The van der Waals surface area contributed by atoms with Gasteiger partial charge in [0.2, 0.25) is 0 Å². The highest BCUT2D eigenvalue weighted by molar-refractivity contribution is 9.10. The Kier molecular flexibility index (Phi) is 3.47. The highest BCUT2D eigenvalue weighted by Gasteiger charge is 2.23. The van der Waals surface area contributed by atoms with E-state index in [1.807, 2.05) is 6.21 Å². The molecule has 3 heterocycles. The Morgan fingerprint density at radius 2 is 1.84 bits per heavy atom.